The summed E-state index contributed by atoms with van der Waals surface area (Å²) >= 11 is 0. The maximum absolute atomic E-state index is 13.8. The Bertz CT molecular complexity index is 2240. The Labute approximate surface area is 326 Å². The van der Waals surface area contributed by atoms with Crippen molar-refractivity contribution in [1.29, 1.82) is 0 Å². The van der Waals surface area contributed by atoms with Crippen molar-refractivity contribution < 1.29 is 28.5 Å². The van der Waals surface area contributed by atoms with Crippen molar-refractivity contribution in [3.63, 3.8) is 0 Å². The zero-order chi connectivity index (χ0) is 38.3. The van der Waals surface area contributed by atoms with Crippen LogP contribution in [0.2, 0.25) is 0 Å². The Hall–Kier alpha value is -6.74. The fourth-order valence-corrected chi connectivity index (χ4v) is 7.66. The predicted molar refractivity (Wildman–Crippen MR) is 217 cm³/mol. The number of carbonyl (C=O) groups is 2. The van der Waals surface area contributed by atoms with E-state index >= 15 is 0 Å². The highest BCUT2D eigenvalue weighted by atomic mass is 16.6. The Morgan fingerprint density at radius 1 is 0.589 bits per heavy atom. The van der Waals surface area contributed by atoms with Crippen LogP contribution in [0, 0.1) is 0 Å². The van der Waals surface area contributed by atoms with Crippen molar-refractivity contribution in [3.05, 3.63) is 173 Å². The molecule has 2 amide bonds. The lowest BCUT2D eigenvalue weighted by molar-refractivity contribution is 0.0928. The van der Waals surface area contributed by atoms with Crippen LogP contribution in [0.15, 0.2) is 146 Å². The lowest BCUT2D eigenvalue weighted by Gasteiger charge is -2.24. The summed E-state index contributed by atoms with van der Waals surface area (Å²) in [7, 11) is 0. The summed E-state index contributed by atoms with van der Waals surface area (Å²) in [5.74, 6) is 0.909. The molecule has 6 aromatic carbocycles. The summed E-state index contributed by atoms with van der Waals surface area (Å²) in [5.41, 5.74) is 16.9. The minimum absolute atomic E-state index is 0.0554. The number of nitrogen functional groups attached to an aromatic ring is 1. The second-order valence-corrected chi connectivity index (χ2v) is 13.9. The number of amides is 2. The highest BCUT2D eigenvalue weighted by Crippen LogP contribution is 2.45. The molecule has 56 heavy (non-hydrogen) atoms. The van der Waals surface area contributed by atoms with E-state index in [0.717, 1.165) is 50.1 Å². The van der Waals surface area contributed by atoms with Crippen LogP contribution in [0.3, 0.4) is 0 Å². The predicted octanol–water partition coefficient (Wildman–Crippen LogP) is 9.02. The van der Waals surface area contributed by atoms with Gasteiger partial charge < -0.3 is 34.9 Å². The van der Waals surface area contributed by atoms with Crippen molar-refractivity contribution in [1.82, 2.24) is 10.2 Å². The number of hydrogen-bond donors (Lipinski definition) is 2. The van der Waals surface area contributed by atoms with Gasteiger partial charge in [0.25, 0.3) is 0 Å². The molecule has 0 fully saturated rings. The highest BCUT2D eigenvalue weighted by Gasteiger charge is 2.31. The van der Waals surface area contributed by atoms with E-state index in [1.165, 1.54) is 0 Å². The zero-order valence-corrected chi connectivity index (χ0v) is 30.9. The van der Waals surface area contributed by atoms with E-state index in [-0.39, 0.29) is 51.3 Å². The first-order valence-electron chi connectivity index (χ1n) is 18.9. The summed E-state index contributed by atoms with van der Waals surface area (Å²) in [6, 6.07) is 47.9. The highest BCUT2D eigenvalue weighted by molar-refractivity contribution is 5.80. The SMILES string of the molecule is Nc1ccc(OCCN(CCNC(=O)OCC2c3ccccc3-c3ccccc32)C(=O)OCC2c3ccccc3-c3ccccc32)cc1OCc1ccccc1. The van der Waals surface area contributed by atoms with Crippen LogP contribution >= 0.6 is 0 Å². The number of nitrogens with zero attached hydrogens (tertiary/aromatic N) is 1. The number of hydrogen-bond acceptors (Lipinski definition) is 7. The minimum atomic E-state index is -0.555. The molecule has 0 heterocycles. The van der Waals surface area contributed by atoms with Crippen molar-refractivity contribution >= 4 is 17.9 Å². The molecule has 0 bridgehead atoms. The summed E-state index contributed by atoms with van der Waals surface area (Å²) in [6.07, 6.45) is -1.06. The van der Waals surface area contributed by atoms with Crippen LogP contribution in [0.4, 0.5) is 15.3 Å². The fourth-order valence-electron chi connectivity index (χ4n) is 7.66. The number of anilines is 1. The van der Waals surface area contributed by atoms with Gasteiger partial charge in [-0.1, -0.05) is 127 Å². The van der Waals surface area contributed by atoms with Gasteiger partial charge in [0.2, 0.25) is 0 Å². The molecule has 0 unspecified atom stereocenters. The largest absolute Gasteiger partial charge is 0.492 e. The summed E-state index contributed by atoms with van der Waals surface area (Å²) in [6.45, 7) is 1.43. The van der Waals surface area contributed by atoms with E-state index < -0.39 is 12.2 Å². The van der Waals surface area contributed by atoms with E-state index in [1.807, 2.05) is 78.9 Å². The first-order chi connectivity index (χ1) is 27.5. The molecule has 6 aromatic rings. The van der Waals surface area contributed by atoms with E-state index in [1.54, 1.807) is 23.1 Å². The number of carbonyl (C=O) groups excluding carboxylic acids is 2. The zero-order valence-electron chi connectivity index (χ0n) is 30.9. The van der Waals surface area contributed by atoms with Gasteiger partial charge in [0.15, 0.2) is 0 Å². The van der Waals surface area contributed by atoms with Gasteiger partial charge in [-0.2, -0.15) is 0 Å². The molecule has 3 N–H and O–H groups in total. The number of rotatable bonds is 14. The normalized spacial score (nSPS) is 12.5. The van der Waals surface area contributed by atoms with E-state index in [0.29, 0.717) is 23.8 Å². The molecule has 8 rings (SSSR count). The Balaban J connectivity index is 0.899. The number of alkyl carbamates (subject to hydrolysis) is 1. The quantitative estimate of drug-likeness (QED) is 0.107. The Morgan fingerprint density at radius 3 is 1.68 bits per heavy atom. The topological polar surface area (TPSA) is 112 Å². The Kier molecular flexibility index (Phi) is 10.8. The number of fused-ring (bicyclic) bond motifs is 6. The van der Waals surface area contributed by atoms with Crippen molar-refractivity contribution in [2.75, 3.05) is 45.2 Å². The lowest BCUT2D eigenvalue weighted by atomic mass is 9.98. The van der Waals surface area contributed by atoms with Crippen LogP contribution in [0.25, 0.3) is 22.3 Å². The summed E-state index contributed by atoms with van der Waals surface area (Å²) in [5, 5.41) is 2.83. The number of nitrogens with two attached hydrogens (primary N) is 1. The molecule has 9 heteroatoms. The Morgan fingerprint density at radius 2 is 1.11 bits per heavy atom. The summed E-state index contributed by atoms with van der Waals surface area (Å²) in [4.78, 5) is 28.3. The molecule has 0 atom stereocenters. The molecule has 2 aliphatic carbocycles. The molecule has 0 radical (unpaired) electrons. The lowest BCUT2D eigenvalue weighted by Crippen LogP contribution is -2.41. The fraction of sp³-hybridized carbons (Fsp3) is 0.191. The monoisotopic (exact) mass is 745 g/mol. The van der Waals surface area contributed by atoms with Gasteiger partial charge in [-0.3, -0.25) is 0 Å². The third-order valence-electron chi connectivity index (χ3n) is 10.4. The maximum Gasteiger partial charge on any atom is 0.409 e. The summed E-state index contributed by atoms with van der Waals surface area (Å²) < 4.78 is 23.8. The van der Waals surface area contributed by atoms with Gasteiger partial charge in [-0.15, -0.1) is 0 Å². The second-order valence-electron chi connectivity index (χ2n) is 13.9. The third kappa shape index (κ3) is 7.88. The number of benzene rings is 6. The van der Waals surface area contributed by atoms with Crippen molar-refractivity contribution in [2.45, 2.75) is 18.4 Å². The van der Waals surface area contributed by atoms with Gasteiger partial charge in [0.05, 0.1) is 12.2 Å². The van der Waals surface area contributed by atoms with E-state index in [9.17, 15) is 9.59 Å². The van der Waals surface area contributed by atoms with Crippen LogP contribution in [0.1, 0.15) is 39.7 Å². The molecule has 9 nitrogen and oxygen atoms in total. The molecule has 0 spiro atoms. The molecule has 0 aromatic heterocycles. The molecule has 0 aliphatic heterocycles. The minimum Gasteiger partial charge on any atom is -0.492 e. The van der Waals surface area contributed by atoms with Crippen LogP contribution in [-0.4, -0.2) is 56.5 Å². The number of nitrogens with one attached hydrogen (secondary N) is 1. The molecule has 0 saturated carbocycles. The van der Waals surface area contributed by atoms with Crippen molar-refractivity contribution in [3.8, 4) is 33.8 Å². The van der Waals surface area contributed by atoms with Gasteiger partial charge in [0, 0.05) is 31.0 Å². The smallest absolute Gasteiger partial charge is 0.409 e. The van der Waals surface area contributed by atoms with Gasteiger partial charge in [-0.25, -0.2) is 9.59 Å². The van der Waals surface area contributed by atoms with Crippen LogP contribution < -0.4 is 20.5 Å². The maximum atomic E-state index is 13.8. The van der Waals surface area contributed by atoms with Crippen LogP contribution in [0.5, 0.6) is 11.5 Å². The molecule has 0 saturated heterocycles. The van der Waals surface area contributed by atoms with Gasteiger partial charge in [-0.05, 0) is 62.2 Å². The first kappa shape index (κ1) is 36.2. The van der Waals surface area contributed by atoms with Gasteiger partial charge >= 0.3 is 12.2 Å². The number of ether oxygens (including phenoxy) is 4. The molecule has 2 aliphatic rings. The molecular weight excluding hydrogens is 703 g/mol. The van der Waals surface area contributed by atoms with E-state index in [4.69, 9.17) is 24.7 Å². The molecular formula is C47H43N3O6. The molecule has 282 valence electrons. The van der Waals surface area contributed by atoms with Gasteiger partial charge in [0.1, 0.15) is 37.9 Å². The standard InChI is InChI=1S/C47H43N3O6/c48-44-23-22-33(28-45(44)54-29-32-12-2-1-3-13-32)53-27-26-50(47(52)56-31-43-40-20-10-6-16-36(40)37-17-7-11-21-41(37)43)25-24-49-46(51)55-30-42-38-18-8-4-14-34(38)35-15-5-9-19-39(35)42/h1-23,28,42-43H,24-27,29-31,48H2,(H,49,51). The second kappa shape index (κ2) is 16.7. The average molecular weight is 746 g/mol. The van der Waals surface area contributed by atoms with E-state index in [2.05, 4.69) is 53.8 Å². The van der Waals surface area contributed by atoms with Crippen molar-refractivity contribution in [2.24, 2.45) is 0 Å². The third-order valence-corrected chi connectivity index (χ3v) is 10.4. The average Bonchev–Trinajstić information content (AvgIpc) is 3.74. The first-order valence-corrected chi connectivity index (χ1v) is 18.9. The van der Waals surface area contributed by atoms with Crippen LogP contribution in [-0.2, 0) is 16.1 Å².